The first-order valence-corrected chi connectivity index (χ1v) is 7.82. The van der Waals surface area contributed by atoms with Crippen molar-refractivity contribution in [2.24, 2.45) is 5.41 Å². The molecule has 0 atom stereocenters. The van der Waals surface area contributed by atoms with Crippen LogP contribution in [0.15, 0.2) is 41.1 Å². The number of rotatable bonds is 2. The lowest BCUT2D eigenvalue weighted by atomic mass is 9.53. The van der Waals surface area contributed by atoms with Crippen molar-refractivity contribution in [3.63, 3.8) is 0 Å². The van der Waals surface area contributed by atoms with E-state index in [1.807, 2.05) is 6.20 Å². The summed E-state index contributed by atoms with van der Waals surface area (Å²) in [4.78, 5) is 0. The van der Waals surface area contributed by atoms with Crippen molar-refractivity contribution < 1.29 is 4.52 Å². The Hall–Kier alpha value is -1.77. The Labute approximate surface area is 125 Å². The molecule has 0 aliphatic heterocycles. The van der Waals surface area contributed by atoms with E-state index in [-0.39, 0.29) is 5.41 Å². The third kappa shape index (κ3) is 2.15. The van der Waals surface area contributed by atoms with Crippen molar-refractivity contribution >= 4 is 5.69 Å². The van der Waals surface area contributed by atoms with E-state index in [0.717, 1.165) is 12.2 Å². The second-order valence-corrected chi connectivity index (χ2v) is 7.53. The Morgan fingerprint density at radius 1 is 1.19 bits per heavy atom. The molecule has 2 aromatic rings. The number of benzene rings is 1. The van der Waals surface area contributed by atoms with Gasteiger partial charge in [-0.2, -0.15) is 0 Å². The van der Waals surface area contributed by atoms with Gasteiger partial charge in [-0.1, -0.05) is 37.2 Å². The highest BCUT2D eigenvalue weighted by molar-refractivity contribution is 5.44. The maximum atomic E-state index is 5.49. The van der Waals surface area contributed by atoms with Gasteiger partial charge in [0, 0.05) is 22.7 Å². The van der Waals surface area contributed by atoms with Crippen LogP contribution in [0.2, 0.25) is 0 Å². The summed E-state index contributed by atoms with van der Waals surface area (Å²) in [7, 11) is 0. The van der Waals surface area contributed by atoms with E-state index >= 15 is 0 Å². The minimum Gasteiger partial charge on any atom is -0.382 e. The van der Waals surface area contributed by atoms with Crippen LogP contribution in [0.5, 0.6) is 0 Å². The van der Waals surface area contributed by atoms with E-state index in [9.17, 15) is 0 Å². The molecule has 110 valence electrons. The molecule has 1 aromatic carbocycles. The van der Waals surface area contributed by atoms with E-state index in [2.05, 4.69) is 54.7 Å². The number of para-hydroxylation sites is 1. The molecule has 0 amide bonds. The summed E-state index contributed by atoms with van der Waals surface area (Å²) in [5.41, 5.74) is 3.11. The number of hydrogen-bond donors (Lipinski definition) is 1. The Morgan fingerprint density at radius 3 is 2.71 bits per heavy atom. The molecule has 1 fully saturated rings. The summed E-state index contributed by atoms with van der Waals surface area (Å²) in [6, 6.07) is 11.1. The van der Waals surface area contributed by atoms with E-state index in [1.54, 1.807) is 0 Å². The third-order valence-electron chi connectivity index (χ3n) is 5.14. The van der Waals surface area contributed by atoms with Gasteiger partial charge in [0.05, 0.1) is 6.20 Å². The van der Waals surface area contributed by atoms with Gasteiger partial charge >= 0.3 is 0 Å². The molecule has 3 heteroatoms. The second-order valence-electron chi connectivity index (χ2n) is 7.53. The zero-order valence-corrected chi connectivity index (χ0v) is 12.7. The fourth-order valence-corrected chi connectivity index (χ4v) is 4.57. The largest absolute Gasteiger partial charge is 0.382 e. The summed E-state index contributed by atoms with van der Waals surface area (Å²) in [5.74, 6) is 1.10. The second kappa shape index (κ2) is 4.36. The van der Waals surface area contributed by atoms with Crippen LogP contribution in [0.1, 0.15) is 44.4 Å². The minimum atomic E-state index is 0.113. The normalized spacial score (nSPS) is 29.7. The maximum absolute atomic E-state index is 5.49. The Kier molecular flexibility index (Phi) is 2.69. The minimum absolute atomic E-state index is 0.113. The van der Waals surface area contributed by atoms with Gasteiger partial charge in [0.2, 0.25) is 0 Å². The van der Waals surface area contributed by atoms with Crippen LogP contribution in [0, 0.1) is 5.41 Å². The van der Waals surface area contributed by atoms with Crippen LogP contribution in [-0.2, 0) is 11.8 Å². The molecule has 1 spiro atoms. The maximum Gasteiger partial charge on any atom is 0.145 e. The molecule has 0 bridgehead atoms. The van der Waals surface area contributed by atoms with Gasteiger partial charge in [-0.3, -0.25) is 0 Å². The monoisotopic (exact) mass is 282 g/mol. The molecule has 0 unspecified atom stereocenters. The fourth-order valence-electron chi connectivity index (χ4n) is 4.57. The van der Waals surface area contributed by atoms with Crippen molar-refractivity contribution in [1.29, 1.82) is 0 Å². The molecule has 2 aliphatic rings. The molecule has 1 heterocycles. The fraction of sp³-hybridized carbons (Fsp3) is 0.500. The first kappa shape index (κ1) is 12.9. The van der Waals surface area contributed by atoms with Crippen LogP contribution in [0.4, 0.5) is 5.69 Å². The third-order valence-corrected chi connectivity index (χ3v) is 5.14. The Bertz CT molecular complexity index is 638. The molecular formula is C18H22N2O. The van der Waals surface area contributed by atoms with Gasteiger partial charge in [-0.25, -0.2) is 0 Å². The van der Waals surface area contributed by atoms with Crippen LogP contribution in [0.3, 0.4) is 0 Å². The van der Waals surface area contributed by atoms with Crippen LogP contribution in [0.25, 0.3) is 0 Å². The number of nitrogens with zero attached hydrogens (tertiary/aromatic N) is 1. The lowest BCUT2D eigenvalue weighted by Crippen LogP contribution is -2.51. The number of nitrogens with one attached hydrogen (secondary N) is 1. The smallest absolute Gasteiger partial charge is 0.145 e. The van der Waals surface area contributed by atoms with Crippen LogP contribution < -0.4 is 5.32 Å². The summed E-state index contributed by atoms with van der Waals surface area (Å²) >= 11 is 0. The molecule has 4 rings (SSSR count). The molecule has 21 heavy (non-hydrogen) atoms. The first-order chi connectivity index (χ1) is 10.1. The number of fused-ring (bicyclic) bond motifs is 1. The van der Waals surface area contributed by atoms with Crippen molar-refractivity contribution in [2.45, 2.75) is 51.0 Å². The summed E-state index contributed by atoms with van der Waals surface area (Å²) in [6.45, 7) is 4.58. The lowest BCUT2D eigenvalue weighted by Gasteiger charge is -2.53. The molecule has 3 nitrogen and oxygen atoms in total. The van der Waals surface area contributed by atoms with E-state index < -0.39 is 0 Å². The summed E-state index contributed by atoms with van der Waals surface area (Å²) in [6.07, 6.45) is 6.75. The topological polar surface area (TPSA) is 38.1 Å². The highest BCUT2D eigenvalue weighted by atomic mass is 16.5. The van der Waals surface area contributed by atoms with Crippen molar-refractivity contribution in [1.82, 2.24) is 5.16 Å². The average molecular weight is 282 g/mol. The van der Waals surface area contributed by atoms with Gasteiger partial charge in [0.15, 0.2) is 0 Å². The molecule has 0 saturated heterocycles. The molecule has 1 aromatic heterocycles. The quantitative estimate of drug-likeness (QED) is 0.898. The average Bonchev–Trinajstić information content (AvgIpc) is 2.86. The van der Waals surface area contributed by atoms with Gasteiger partial charge in [-0.15, -0.1) is 0 Å². The zero-order chi connectivity index (χ0) is 14.5. The molecule has 1 saturated carbocycles. The van der Waals surface area contributed by atoms with Crippen molar-refractivity contribution in [3.05, 3.63) is 47.9 Å². The standard InChI is InChI=1S/C18H22N2O/c1-17(2)12-18(8-13-11-19-21-16(13)17)9-15(10-18)20-14-6-4-3-5-7-14/h3-7,11,15,20H,8-10,12H2,1-2H3. The highest BCUT2D eigenvalue weighted by Crippen LogP contribution is 2.56. The van der Waals surface area contributed by atoms with E-state index in [1.165, 1.54) is 30.5 Å². The predicted molar refractivity (Wildman–Crippen MR) is 83.4 cm³/mol. The zero-order valence-electron chi connectivity index (χ0n) is 12.7. The Morgan fingerprint density at radius 2 is 1.95 bits per heavy atom. The van der Waals surface area contributed by atoms with Gasteiger partial charge in [0.1, 0.15) is 5.76 Å². The summed E-state index contributed by atoms with van der Waals surface area (Å²) < 4.78 is 5.49. The lowest BCUT2D eigenvalue weighted by molar-refractivity contribution is 0.0528. The number of anilines is 1. The molecular weight excluding hydrogens is 260 g/mol. The van der Waals surface area contributed by atoms with Gasteiger partial charge in [-0.05, 0) is 43.2 Å². The SMILES string of the molecule is CC1(C)CC2(Cc3cnoc31)CC(Nc1ccccc1)C2. The van der Waals surface area contributed by atoms with Crippen molar-refractivity contribution in [2.75, 3.05) is 5.32 Å². The molecule has 0 radical (unpaired) electrons. The number of aromatic nitrogens is 1. The summed E-state index contributed by atoms with van der Waals surface area (Å²) in [5, 5.41) is 7.68. The van der Waals surface area contributed by atoms with Crippen molar-refractivity contribution in [3.8, 4) is 0 Å². The van der Waals surface area contributed by atoms with Crippen LogP contribution >= 0.6 is 0 Å². The van der Waals surface area contributed by atoms with E-state index in [4.69, 9.17) is 4.52 Å². The van der Waals surface area contributed by atoms with Crippen LogP contribution in [-0.4, -0.2) is 11.2 Å². The first-order valence-electron chi connectivity index (χ1n) is 7.82. The van der Waals surface area contributed by atoms with Gasteiger partial charge < -0.3 is 9.84 Å². The molecule has 1 N–H and O–H groups in total. The van der Waals surface area contributed by atoms with Gasteiger partial charge in [0.25, 0.3) is 0 Å². The highest BCUT2D eigenvalue weighted by Gasteiger charge is 2.52. The predicted octanol–water partition coefficient (Wildman–Crippen LogP) is 4.16. The Balaban J connectivity index is 1.48. The molecule has 2 aliphatic carbocycles. The number of hydrogen-bond acceptors (Lipinski definition) is 3. The van der Waals surface area contributed by atoms with E-state index in [0.29, 0.717) is 11.5 Å².